The minimum absolute atomic E-state index is 0.385. The van der Waals surface area contributed by atoms with E-state index >= 15 is 0 Å². The number of rotatable bonds is 4. The fourth-order valence-corrected chi connectivity index (χ4v) is 4.11. The Balaban J connectivity index is 1.50. The fraction of sp³-hybridized carbons (Fsp3) is 0.300. The van der Waals surface area contributed by atoms with Crippen LogP contribution in [-0.4, -0.2) is 51.3 Å². The highest BCUT2D eigenvalue weighted by Crippen LogP contribution is 2.31. The van der Waals surface area contributed by atoms with Crippen molar-refractivity contribution in [3.05, 3.63) is 48.0 Å². The maximum Gasteiger partial charge on any atom is 0.343 e. The molecule has 2 aromatic carbocycles. The first-order valence-corrected chi connectivity index (χ1v) is 9.77. The average Bonchev–Trinajstić information content (AvgIpc) is 3.12. The van der Waals surface area contributed by atoms with Crippen LogP contribution in [0.25, 0.3) is 10.2 Å². The van der Waals surface area contributed by atoms with Crippen LogP contribution in [0, 0.1) is 0 Å². The molecule has 0 spiro atoms. The molecule has 7 heteroatoms. The number of thiazole rings is 1. The molecule has 1 aliphatic rings. The zero-order valence-electron chi connectivity index (χ0n) is 15.4. The highest BCUT2D eigenvalue weighted by Gasteiger charge is 2.20. The quantitative estimate of drug-likeness (QED) is 0.550. The SMILES string of the molecule is COc1ccc(C(=O)Oc2ccc3nc(N4CC[NH+](C)CC4)sc3c2)cc1. The molecule has 0 aliphatic carbocycles. The third-order valence-corrected chi connectivity index (χ3v) is 5.85. The zero-order chi connectivity index (χ0) is 18.8. The third kappa shape index (κ3) is 3.89. The lowest BCUT2D eigenvalue weighted by molar-refractivity contribution is -0.880. The normalized spacial score (nSPS) is 15.1. The second-order valence-corrected chi connectivity index (χ2v) is 7.70. The van der Waals surface area contributed by atoms with E-state index in [0.29, 0.717) is 17.1 Å². The second-order valence-electron chi connectivity index (χ2n) is 6.69. The van der Waals surface area contributed by atoms with Crippen molar-refractivity contribution in [2.75, 3.05) is 45.2 Å². The summed E-state index contributed by atoms with van der Waals surface area (Å²) in [7, 11) is 3.81. The Morgan fingerprint density at radius 2 is 1.81 bits per heavy atom. The van der Waals surface area contributed by atoms with Crippen LogP contribution < -0.4 is 19.3 Å². The van der Waals surface area contributed by atoms with E-state index in [9.17, 15) is 4.79 Å². The molecule has 0 unspecified atom stereocenters. The van der Waals surface area contributed by atoms with Crippen molar-refractivity contribution in [2.24, 2.45) is 0 Å². The molecule has 4 rings (SSSR count). The van der Waals surface area contributed by atoms with Gasteiger partial charge in [-0.25, -0.2) is 9.78 Å². The summed E-state index contributed by atoms with van der Waals surface area (Å²) >= 11 is 1.64. The van der Waals surface area contributed by atoms with Crippen LogP contribution in [0.2, 0.25) is 0 Å². The smallest absolute Gasteiger partial charge is 0.343 e. The maximum absolute atomic E-state index is 12.3. The van der Waals surface area contributed by atoms with Gasteiger partial charge in [-0.2, -0.15) is 0 Å². The molecule has 3 aromatic rings. The number of methoxy groups -OCH3 is 1. The molecular weight excluding hydrogens is 362 g/mol. The van der Waals surface area contributed by atoms with Crippen molar-refractivity contribution in [1.82, 2.24) is 4.98 Å². The van der Waals surface area contributed by atoms with E-state index in [-0.39, 0.29) is 5.97 Å². The standard InChI is InChI=1S/C20H21N3O3S/c1-22-9-11-23(12-10-22)20-21-17-8-7-16(13-18(17)27-20)26-19(24)14-3-5-15(25-2)6-4-14/h3-8,13H,9-12H2,1-2H3/p+1. The Kier molecular flexibility index (Phi) is 4.96. The molecule has 0 radical (unpaired) electrons. The van der Waals surface area contributed by atoms with Gasteiger partial charge in [0.1, 0.15) is 11.5 Å². The number of anilines is 1. The number of hydrogen-bond donors (Lipinski definition) is 1. The Morgan fingerprint density at radius 3 is 2.52 bits per heavy atom. The molecule has 27 heavy (non-hydrogen) atoms. The van der Waals surface area contributed by atoms with Crippen LogP contribution >= 0.6 is 11.3 Å². The van der Waals surface area contributed by atoms with Crippen molar-refractivity contribution in [1.29, 1.82) is 0 Å². The van der Waals surface area contributed by atoms with Gasteiger partial charge in [0.05, 0.1) is 56.1 Å². The van der Waals surface area contributed by atoms with Gasteiger partial charge in [0.25, 0.3) is 0 Å². The summed E-state index contributed by atoms with van der Waals surface area (Å²) in [5.41, 5.74) is 1.42. The van der Waals surface area contributed by atoms with Gasteiger partial charge >= 0.3 is 5.97 Å². The lowest BCUT2D eigenvalue weighted by atomic mass is 10.2. The number of carbonyl (C=O) groups excluding carboxylic acids is 1. The van der Waals surface area contributed by atoms with Crippen LogP contribution in [-0.2, 0) is 0 Å². The molecular formula is C20H22N3O3S+. The van der Waals surface area contributed by atoms with Crippen LogP contribution in [0.4, 0.5) is 5.13 Å². The van der Waals surface area contributed by atoms with Crippen LogP contribution in [0.15, 0.2) is 42.5 Å². The first-order chi connectivity index (χ1) is 13.1. The van der Waals surface area contributed by atoms with Gasteiger partial charge < -0.3 is 19.3 Å². The number of quaternary nitrogens is 1. The number of carbonyl (C=O) groups is 1. The summed E-state index contributed by atoms with van der Waals surface area (Å²) in [6.07, 6.45) is 0. The van der Waals surface area contributed by atoms with E-state index in [1.165, 1.54) is 0 Å². The summed E-state index contributed by atoms with van der Waals surface area (Å²) in [5, 5.41) is 1.04. The predicted molar refractivity (Wildman–Crippen MR) is 106 cm³/mol. The Hall–Kier alpha value is -2.64. The van der Waals surface area contributed by atoms with Crippen LogP contribution in [0.1, 0.15) is 10.4 Å². The molecule has 6 nitrogen and oxygen atoms in total. The minimum Gasteiger partial charge on any atom is -0.497 e. The number of likely N-dealkylation sites (N-methyl/N-ethyl adjacent to an activating group) is 1. The number of benzene rings is 2. The highest BCUT2D eigenvalue weighted by molar-refractivity contribution is 7.22. The lowest BCUT2D eigenvalue weighted by Gasteiger charge is -2.29. The van der Waals surface area contributed by atoms with E-state index < -0.39 is 0 Å². The minimum atomic E-state index is -0.385. The molecule has 140 valence electrons. The van der Waals surface area contributed by atoms with Crippen molar-refractivity contribution in [3.63, 3.8) is 0 Å². The number of esters is 1. The summed E-state index contributed by atoms with van der Waals surface area (Å²) in [5.74, 6) is 0.848. The van der Waals surface area contributed by atoms with E-state index in [1.807, 2.05) is 12.1 Å². The summed E-state index contributed by atoms with van der Waals surface area (Å²) < 4.78 is 11.7. The molecule has 1 N–H and O–H groups in total. The number of nitrogens with one attached hydrogen (secondary N) is 1. The second kappa shape index (κ2) is 7.54. The Bertz CT molecular complexity index is 947. The van der Waals surface area contributed by atoms with Crippen molar-refractivity contribution < 1.29 is 19.2 Å². The number of piperazine rings is 1. The van der Waals surface area contributed by atoms with E-state index in [4.69, 9.17) is 14.5 Å². The van der Waals surface area contributed by atoms with Crippen molar-refractivity contribution in [2.45, 2.75) is 0 Å². The van der Waals surface area contributed by atoms with Gasteiger partial charge in [0, 0.05) is 6.07 Å². The van der Waals surface area contributed by atoms with E-state index in [1.54, 1.807) is 53.7 Å². The number of ether oxygens (including phenoxy) is 2. The largest absolute Gasteiger partial charge is 0.497 e. The fourth-order valence-electron chi connectivity index (χ4n) is 3.06. The molecule has 0 saturated carbocycles. The molecule has 1 saturated heterocycles. The van der Waals surface area contributed by atoms with Gasteiger partial charge in [0.15, 0.2) is 5.13 Å². The Morgan fingerprint density at radius 1 is 1.11 bits per heavy atom. The van der Waals surface area contributed by atoms with E-state index in [2.05, 4.69) is 11.9 Å². The number of nitrogens with zero attached hydrogens (tertiary/aromatic N) is 2. The summed E-state index contributed by atoms with van der Waals surface area (Å²) in [6, 6.07) is 12.5. The van der Waals surface area contributed by atoms with Gasteiger partial charge in [0.2, 0.25) is 0 Å². The first kappa shape index (κ1) is 17.8. The third-order valence-electron chi connectivity index (χ3n) is 4.77. The van der Waals surface area contributed by atoms with Gasteiger partial charge in [-0.15, -0.1) is 0 Å². The highest BCUT2D eigenvalue weighted by atomic mass is 32.1. The van der Waals surface area contributed by atoms with Gasteiger partial charge in [-0.1, -0.05) is 11.3 Å². The molecule has 0 atom stereocenters. The van der Waals surface area contributed by atoms with Gasteiger partial charge in [-0.05, 0) is 36.4 Å². The maximum atomic E-state index is 12.3. The number of aromatic nitrogens is 1. The summed E-state index contributed by atoms with van der Waals surface area (Å²) in [6.45, 7) is 4.29. The molecule has 0 amide bonds. The van der Waals surface area contributed by atoms with E-state index in [0.717, 1.165) is 41.5 Å². The predicted octanol–water partition coefficient (Wildman–Crippen LogP) is 1.86. The van der Waals surface area contributed by atoms with Gasteiger partial charge in [-0.3, -0.25) is 0 Å². The molecule has 0 bridgehead atoms. The molecule has 1 aromatic heterocycles. The molecule has 1 fully saturated rings. The number of fused-ring (bicyclic) bond motifs is 1. The number of hydrogen-bond acceptors (Lipinski definition) is 6. The summed E-state index contributed by atoms with van der Waals surface area (Å²) in [4.78, 5) is 21.0. The van der Waals surface area contributed by atoms with Crippen LogP contribution in [0.3, 0.4) is 0 Å². The van der Waals surface area contributed by atoms with Crippen molar-refractivity contribution >= 4 is 32.7 Å². The zero-order valence-corrected chi connectivity index (χ0v) is 16.2. The molecule has 1 aliphatic heterocycles. The Labute approximate surface area is 161 Å². The van der Waals surface area contributed by atoms with Crippen molar-refractivity contribution in [3.8, 4) is 11.5 Å². The van der Waals surface area contributed by atoms with Crippen LogP contribution in [0.5, 0.6) is 11.5 Å². The molecule has 2 heterocycles. The average molecular weight is 384 g/mol. The lowest BCUT2D eigenvalue weighted by Crippen LogP contribution is -3.12. The monoisotopic (exact) mass is 384 g/mol. The topological polar surface area (TPSA) is 56.1 Å². The first-order valence-electron chi connectivity index (χ1n) is 8.95.